The van der Waals surface area contributed by atoms with Gasteiger partial charge in [-0.05, 0) is 41.7 Å². The van der Waals surface area contributed by atoms with Crippen LogP contribution in [-0.4, -0.2) is 36.4 Å². The summed E-state index contributed by atoms with van der Waals surface area (Å²) in [5, 5.41) is 3.04. The van der Waals surface area contributed by atoms with E-state index in [4.69, 9.17) is 4.74 Å². The maximum atomic E-state index is 14.0. The highest BCUT2D eigenvalue weighted by Gasteiger charge is 2.30. The number of nitrogens with zero attached hydrogens (tertiary/aromatic N) is 1. The second kappa shape index (κ2) is 14.1. The summed E-state index contributed by atoms with van der Waals surface area (Å²) in [5.74, 6) is 0.478. The van der Waals surface area contributed by atoms with E-state index in [1.807, 2.05) is 67.6 Å². The Bertz CT molecular complexity index is 1050. The first-order chi connectivity index (χ1) is 17.6. The third-order valence-corrected chi connectivity index (χ3v) is 6.49. The highest BCUT2D eigenvalue weighted by Crippen LogP contribution is 2.30. The predicted octanol–water partition coefficient (Wildman–Crippen LogP) is 5.94. The number of nitrogens with one attached hydrogen (secondary N) is 1. The smallest absolute Gasteiger partial charge is 0.242 e. The number of hydrogen-bond donors (Lipinski definition) is 1. The van der Waals surface area contributed by atoms with Gasteiger partial charge >= 0.3 is 0 Å². The van der Waals surface area contributed by atoms with Crippen molar-refractivity contribution >= 4 is 11.8 Å². The largest absolute Gasteiger partial charge is 0.497 e. The molecule has 1 N–H and O–H groups in total. The van der Waals surface area contributed by atoms with Gasteiger partial charge in [0.15, 0.2) is 0 Å². The minimum atomic E-state index is -0.548. The first-order valence-corrected chi connectivity index (χ1v) is 12.9. The molecule has 0 saturated carbocycles. The number of carbonyl (C=O) groups is 2. The summed E-state index contributed by atoms with van der Waals surface area (Å²) < 4.78 is 5.39. The highest BCUT2D eigenvalue weighted by atomic mass is 16.5. The zero-order valence-corrected chi connectivity index (χ0v) is 21.7. The molecule has 5 heteroatoms. The van der Waals surface area contributed by atoms with E-state index in [0.717, 1.165) is 35.3 Å². The van der Waals surface area contributed by atoms with E-state index in [1.165, 1.54) is 0 Å². The molecule has 0 aliphatic rings. The van der Waals surface area contributed by atoms with E-state index >= 15 is 0 Å². The Kier molecular flexibility index (Phi) is 10.6. The molecule has 3 aromatic rings. The molecule has 0 aliphatic heterocycles. The quantitative estimate of drug-likeness (QED) is 0.304. The van der Waals surface area contributed by atoms with Crippen molar-refractivity contribution in [2.75, 3.05) is 13.7 Å². The van der Waals surface area contributed by atoms with Gasteiger partial charge in [-0.25, -0.2) is 0 Å². The molecule has 0 spiro atoms. The van der Waals surface area contributed by atoms with Gasteiger partial charge in [0.2, 0.25) is 11.8 Å². The molecule has 0 unspecified atom stereocenters. The molecule has 0 aliphatic carbocycles. The van der Waals surface area contributed by atoms with Crippen LogP contribution in [0.3, 0.4) is 0 Å². The van der Waals surface area contributed by atoms with Crippen molar-refractivity contribution in [2.45, 2.75) is 58.0 Å². The van der Waals surface area contributed by atoms with Crippen LogP contribution in [0.2, 0.25) is 0 Å². The van der Waals surface area contributed by atoms with E-state index in [-0.39, 0.29) is 24.2 Å². The molecule has 5 nitrogen and oxygen atoms in total. The van der Waals surface area contributed by atoms with E-state index in [0.29, 0.717) is 19.5 Å². The van der Waals surface area contributed by atoms with Gasteiger partial charge in [-0.15, -0.1) is 0 Å². The average molecular weight is 487 g/mol. The summed E-state index contributed by atoms with van der Waals surface area (Å²) in [6, 6.07) is 27.3. The fourth-order valence-corrected chi connectivity index (χ4v) is 4.48. The fourth-order valence-electron chi connectivity index (χ4n) is 4.48. The lowest BCUT2D eigenvalue weighted by atomic mass is 9.88. The summed E-state index contributed by atoms with van der Waals surface area (Å²) in [6.45, 7) is 5.01. The van der Waals surface area contributed by atoms with Crippen LogP contribution in [0.25, 0.3) is 0 Å². The van der Waals surface area contributed by atoms with Gasteiger partial charge in [-0.3, -0.25) is 9.59 Å². The van der Waals surface area contributed by atoms with Crippen molar-refractivity contribution in [3.05, 3.63) is 102 Å². The van der Waals surface area contributed by atoms with Gasteiger partial charge in [-0.1, -0.05) is 93.1 Å². The molecule has 3 rings (SSSR count). The van der Waals surface area contributed by atoms with Crippen LogP contribution >= 0.6 is 0 Å². The van der Waals surface area contributed by atoms with E-state index in [2.05, 4.69) is 36.5 Å². The van der Waals surface area contributed by atoms with E-state index in [9.17, 15) is 9.59 Å². The topological polar surface area (TPSA) is 58.6 Å². The number of methoxy groups -OCH3 is 1. The lowest BCUT2D eigenvalue weighted by Crippen LogP contribution is -2.49. The van der Waals surface area contributed by atoms with Crippen LogP contribution in [0.15, 0.2) is 84.9 Å². The number of ether oxygens (including phenoxy) is 1. The molecular formula is C31H38N2O3. The van der Waals surface area contributed by atoms with Gasteiger partial charge < -0.3 is 15.0 Å². The summed E-state index contributed by atoms with van der Waals surface area (Å²) in [4.78, 5) is 29.0. The van der Waals surface area contributed by atoms with Crippen molar-refractivity contribution < 1.29 is 14.3 Å². The standard InChI is InChI=1S/C31H38N2O3/c1-4-6-20-32-31(35)29(5-2)33(23-24-14-13-19-27(21-24)36-3)30(34)22-28(25-15-9-7-10-16-25)26-17-11-8-12-18-26/h7-19,21,28-29H,4-6,20,22-23H2,1-3H3,(H,32,35)/t29-/m1/s1. The van der Waals surface area contributed by atoms with Crippen molar-refractivity contribution in [2.24, 2.45) is 0 Å². The van der Waals surface area contributed by atoms with Crippen LogP contribution in [0, 0.1) is 0 Å². The van der Waals surface area contributed by atoms with Gasteiger partial charge in [0.05, 0.1) is 7.11 Å². The number of amides is 2. The Morgan fingerprint density at radius 1 is 0.889 bits per heavy atom. The van der Waals surface area contributed by atoms with Gasteiger partial charge in [0.25, 0.3) is 0 Å². The Hall–Kier alpha value is -3.60. The van der Waals surface area contributed by atoms with E-state index < -0.39 is 6.04 Å². The Balaban J connectivity index is 1.93. The molecule has 0 heterocycles. The zero-order valence-electron chi connectivity index (χ0n) is 21.7. The lowest BCUT2D eigenvalue weighted by Gasteiger charge is -2.32. The number of hydrogen-bond acceptors (Lipinski definition) is 3. The normalized spacial score (nSPS) is 11.7. The molecule has 0 aromatic heterocycles. The molecule has 2 amide bonds. The number of benzene rings is 3. The number of unbranched alkanes of at least 4 members (excludes halogenated alkanes) is 1. The van der Waals surface area contributed by atoms with Crippen molar-refractivity contribution in [1.29, 1.82) is 0 Å². The molecule has 0 radical (unpaired) electrons. The highest BCUT2D eigenvalue weighted by molar-refractivity contribution is 5.88. The molecule has 190 valence electrons. The monoisotopic (exact) mass is 486 g/mol. The SMILES string of the molecule is CCCCNC(=O)[C@@H](CC)N(Cc1cccc(OC)c1)C(=O)CC(c1ccccc1)c1ccccc1. The summed E-state index contributed by atoms with van der Waals surface area (Å²) in [6.07, 6.45) is 2.72. The third kappa shape index (κ3) is 7.45. The second-order valence-corrected chi connectivity index (χ2v) is 9.02. The zero-order chi connectivity index (χ0) is 25.8. The Morgan fingerprint density at radius 2 is 1.53 bits per heavy atom. The first kappa shape index (κ1) is 27.0. The molecule has 0 fully saturated rings. The number of carbonyl (C=O) groups excluding carboxylic acids is 2. The van der Waals surface area contributed by atoms with Crippen molar-refractivity contribution in [3.8, 4) is 5.75 Å². The fraction of sp³-hybridized carbons (Fsp3) is 0.355. The minimum absolute atomic E-state index is 0.0481. The average Bonchev–Trinajstić information content (AvgIpc) is 2.92. The maximum Gasteiger partial charge on any atom is 0.242 e. The van der Waals surface area contributed by atoms with Gasteiger partial charge in [0, 0.05) is 25.4 Å². The van der Waals surface area contributed by atoms with Crippen LogP contribution in [-0.2, 0) is 16.1 Å². The first-order valence-electron chi connectivity index (χ1n) is 12.9. The van der Waals surface area contributed by atoms with Crippen molar-refractivity contribution in [1.82, 2.24) is 10.2 Å². The molecule has 36 heavy (non-hydrogen) atoms. The van der Waals surface area contributed by atoms with Gasteiger partial charge in [0.1, 0.15) is 11.8 Å². The van der Waals surface area contributed by atoms with Crippen LogP contribution in [0.1, 0.15) is 62.1 Å². The number of rotatable bonds is 13. The van der Waals surface area contributed by atoms with Crippen LogP contribution in [0.5, 0.6) is 5.75 Å². The van der Waals surface area contributed by atoms with Crippen molar-refractivity contribution in [3.63, 3.8) is 0 Å². The minimum Gasteiger partial charge on any atom is -0.497 e. The molecular weight excluding hydrogens is 448 g/mol. The summed E-state index contributed by atoms with van der Waals surface area (Å²) in [5.41, 5.74) is 3.09. The van der Waals surface area contributed by atoms with Crippen LogP contribution in [0.4, 0.5) is 0 Å². The van der Waals surface area contributed by atoms with E-state index in [1.54, 1.807) is 12.0 Å². The second-order valence-electron chi connectivity index (χ2n) is 9.02. The maximum absolute atomic E-state index is 14.0. The predicted molar refractivity (Wildman–Crippen MR) is 145 cm³/mol. The molecule has 0 bridgehead atoms. The summed E-state index contributed by atoms with van der Waals surface area (Å²) >= 11 is 0. The van der Waals surface area contributed by atoms with Gasteiger partial charge in [-0.2, -0.15) is 0 Å². The molecule has 1 atom stereocenters. The Morgan fingerprint density at radius 3 is 2.08 bits per heavy atom. The third-order valence-electron chi connectivity index (χ3n) is 6.49. The lowest BCUT2D eigenvalue weighted by molar-refractivity contribution is -0.141. The molecule has 0 saturated heterocycles. The molecule has 3 aromatic carbocycles. The Labute approximate surface area is 215 Å². The van der Waals surface area contributed by atoms with Crippen LogP contribution < -0.4 is 10.1 Å². The summed E-state index contributed by atoms with van der Waals surface area (Å²) in [7, 11) is 1.63.